The van der Waals surface area contributed by atoms with E-state index in [2.05, 4.69) is 15.0 Å². The van der Waals surface area contributed by atoms with Gasteiger partial charge in [-0.25, -0.2) is 4.79 Å². The van der Waals surface area contributed by atoms with Gasteiger partial charge in [0.25, 0.3) is 5.91 Å². The van der Waals surface area contributed by atoms with E-state index in [0.717, 1.165) is 0 Å². The lowest BCUT2D eigenvalue weighted by molar-refractivity contribution is -0.254. The van der Waals surface area contributed by atoms with Crippen LogP contribution in [0.5, 0.6) is 11.5 Å². The Labute approximate surface area is 191 Å². The van der Waals surface area contributed by atoms with Gasteiger partial charge in [0, 0.05) is 23.1 Å². The molecule has 1 unspecified atom stereocenters. The minimum absolute atomic E-state index is 0.0502. The van der Waals surface area contributed by atoms with Crippen molar-refractivity contribution in [3.8, 4) is 11.5 Å². The number of halogens is 3. The van der Waals surface area contributed by atoms with Crippen molar-refractivity contribution in [2.45, 2.75) is 44.4 Å². The predicted molar refractivity (Wildman–Crippen MR) is 115 cm³/mol. The quantitative estimate of drug-likeness (QED) is 0.574. The molecule has 1 aliphatic heterocycles. The molecule has 0 saturated carbocycles. The summed E-state index contributed by atoms with van der Waals surface area (Å²) in [5, 5.41) is 16.9. The Morgan fingerprint density at radius 1 is 1.15 bits per heavy atom. The summed E-state index contributed by atoms with van der Waals surface area (Å²) < 4.78 is 57.7. The van der Waals surface area contributed by atoms with Gasteiger partial charge < -0.3 is 24.4 Å². The number of nitrogens with zero attached hydrogens (tertiary/aromatic N) is 1. The molecule has 2 heterocycles. The van der Waals surface area contributed by atoms with Crippen molar-refractivity contribution in [3.05, 3.63) is 58.1 Å². The van der Waals surface area contributed by atoms with E-state index >= 15 is 0 Å². The van der Waals surface area contributed by atoms with Crippen molar-refractivity contribution in [1.29, 1.82) is 0 Å². The third-order valence-electron chi connectivity index (χ3n) is 5.82. The number of aliphatic hydroxyl groups is 1. The number of para-hydroxylation sites is 1. The van der Waals surface area contributed by atoms with E-state index in [-0.39, 0.29) is 23.6 Å². The minimum atomic E-state index is -5.29. The number of carbonyl (C=O) groups excluding carboxylic acids is 1. The molecular formula is C23H21F3N2O6. The zero-order valence-corrected chi connectivity index (χ0v) is 18.4. The van der Waals surface area contributed by atoms with Gasteiger partial charge in [0.2, 0.25) is 12.4 Å². The number of carbonyl (C=O) groups is 1. The largest absolute Gasteiger partial charge is 0.454 e. The van der Waals surface area contributed by atoms with E-state index in [1.165, 1.54) is 39.0 Å². The molecule has 4 rings (SSSR count). The van der Waals surface area contributed by atoms with Crippen LogP contribution in [0, 0.1) is 6.92 Å². The molecule has 0 spiro atoms. The number of aryl methyl sites for hydroxylation is 1. The third kappa shape index (κ3) is 3.96. The third-order valence-corrected chi connectivity index (χ3v) is 5.82. The van der Waals surface area contributed by atoms with Gasteiger partial charge in [-0.3, -0.25) is 4.79 Å². The Balaban J connectivity index is 1.68. The Morgan fingerprint density at radius 3 is 2.59 bits per heavy atom. The van der Waals surface area contributed by atoms with Crippen LogP contribution in [0.1, 0.15) is 31.5 Å². The molecule has 0 fully saturated rings. The van der Waals surface area contributed by atoms with Crippen LogP contribution < -0.4 is 20.4 Å². The first-order chi connectivity index (χ1) is 15.8. The summed E-state index contributed by atoms with van der Waals surface area (Å²) in [5.41, 5.74) is -5.20. The van der Waals surface area contributed by atoms with E-state index in [0.29, 0.717) is 22.4 Å². The topological polar surface area (TPSA) is 111 Å². The smallest absolute Gasteiger partial charge is 0.426 e. The zero-order chi connectivity index (χ0) is 24.9. The number of ether oxygens (including phenoxy) is 2. The first-order valence-corrected chi connectivity index (χ1v) is 10.2. The Bertz CT molecular complexity index is 1330. The van der Waals surface area contributed by atoms with Gasteiger partial charge in [-0.2, -0.15) is 13.2 Å². The van der Waals surface area contributed by atoms with E-state index in [4.69, 9.17) is 9.47 Å². The maximum absolute atomic E-state index is 14.1. The number of fused-ring (bicyclic) bond motifs is 2. The highest BCUT2D eigenvalue weighted by atomic mass is 19.4. The fourth-order valence-corrected chi connectivity index (χ4v) is 4.05. The van der Waals surface area contributed by atoms with E-state index < -0.39 is 35.1 Å². The van der Waals surface area contributed by atoms with Crippen LogP contribution in [0.3, 0.4) is 0 Å². The first-order valence-electron chi connectivity index (χ1n) is 10.2. The van der Waals surface area contributed by atoms with Crippen molar-refractivity contribution < 1.29 is 37.1 Å². The summed E-state index contributed by atoms with van der Waals surface area (Å²) in [5.74, 6) is -1.02. The molecule has 180 valence electrons. The van der Waals surface area contributed by atoms with Crippen LogP contribution in [0.4, 0.5) is 18.9 Å². The fraction of sp³-hybridized carbons (Fsp3) is 0.348. The second-order valence-corrected chi connectivity index (χ2v) is 8.73. The van der Waals surface area contributed by atoms with Gasteiger partial charge in [-0.15, -0.1) is 0 Å². The molecule has 8 nitrogen and oxygen atoms in total. The first kappa shape index (κ1) is 23.6. The molecule has 2 N–H and O–H groups in total. The van der Waals surface area contributed by atoms with Crippen LogP contribution in [0.2, 0.25) is 0 Å². The monoisotopic (exact) mass is 478 g/mol. The van der Waals surface area contributed by atoms with Gasteiger partial charge in [0.05, 0.1) is 11.1 Å². The lowest BCUT2D eigenvalue weighted by Gasteiger charge is -2.37. The highest BCUT2D eigenvalue weighted by Gasteiger charge is 2.61. The molecular weight excluding hydrogens is 457 g/mol. The van der Waals surface area contributed by atoms with Gasteiger partial charge in [-0.1, -0.05) is 31.1 Å². The molecule has 1 aliphatic rings. The van der Waals surface area contributed by atoms with E-state index in [9.17, 15) is 27.9 Å². The molecule has 34 heavy (non-hydrogen) atoms. The summed E-state index contributed by atoms with van der Waals surface area (Å²) in [6, 6.07) is 8.61. The summed E-state index contributed by atoms with van der Waals surface area (Å²) >= 11 is 0. The van der Waals surface area contributed by atoms with E-state index in [1.807, 2.05) is 0 Å². The second kappa shape index (κ2) is 8.01. The minimum Gasteiger partial charge on any atom is -0.454 e. The lowest BCUT2D eigenvalue weighted by atomic mass is 9.74. The Morgan fingerprint density at radius 2 is 1.88 bits per heavy atom. The molecule has 2 aromatic carbocycles. The second-order valence-electron chi connectivity index (χ2n) is 8.73. The molecule has 0 bridgehead atoms. The number of anilines is 1. The SMILES string of the molecule is Cc1noc(=O)c2ccc(NC(=O)C(O)(CC(C)(C)c3cccc4c3OCO4)C(F)(F)F)cc12. The molecule has 1 amide bonds. The summed E-state index contributed by atoms with van der Waals surface area (Å²) in [4.78, 5) is 24.7. The van der Waals surface area contributed by atoms with Crippen molar-refractivity contribution in [1.82, 2.24) is 5.16 Å². The highest BCUT2D eigenvalue weighted by Crippen LogP contribution is 2.47. The van der Waals surface area contributed by atoms with Crippen LogP contribution in [-0.4, -0.2) is 34.7 Å². The Hall–Kier alpha value is -3.60. The number of hydrogen-bond donors (Lipinski definition) is 2. The van der Waals surface area contributed by atoms with Crippen LogP contribution in [0.25, 0.3) is 10.8 Å². The van der Waals surface area contributed by atoms with Gasteiger partial charge in [0.15, 0.2) is 11.5 Å². The van der Waals surface area contributed by atoms with E-state index in [1.54, 1.807) is 18.2 Å². The van der Waals surface area contributed by atoms with Crippen molar-refractivity contribution in [2.75, 3.05) is 12.1 Å². The number of aromatic nitrogens is 1. The standard InChI is InChI=1S/C23H21F3N2O6/c1-12-15-9-13(7-8-14(15)19(29)34-28-12)27-20(30)22(31,23(24,25)26)10-21(2,3)16-5-4-6-17-18(16)33-11-32-17/h4-9,31H,10-11H2,1-3H3,(H,27,30). The van der Waals surface area contributed by atoms with Gasteiger partial charge >= 0.3 is 11.8 Å². The molecule has 0 saturated heterocycles. The molecule has 1 atom stereocenters. The molecule has 0 aliphatic carbocycles. The van der Waals surface area contributed by atoms with Crippen LogP contribution >= 0.6 is 0 Å². The normalized spacial score (nSPS) is 15.3. The number of nitrogens with one attached hydrogen (secondary N) is 1. The zero-order valence-electron chi connectivity index (χ0n) is 18.4. The van der Waals surface area contributed by atoms with Gasteiger partial charge in [0.1, 0.15) is 0 Å². The lowest BCUT2D eigenvalue weighted by Crippen LogP contribution is -2.57. The summed E-state index contributed by atoms with van der Waals surface area (Å²) in [6.07, 6.45) is -6.29. The van der Waals surface area contributed by atoms with Gasteiger partial charge in [-0.05, 0) is 36.6 Å². The van der Waals surface area contributed by atoms with Crippen molar-refractivity contribution >= 4 is 22.4 Å². The number of rotatable bonds is 5. The molecule has 3 aromatic rings. The predicted octanol–water partition coefficient (Wildman–Crippen LogP) is 3.82. The number of hydrogen-bond acceptors (Lipinski definition) is 7. The van der Waals surface area contributed by atoms with Crippen molar-refractivity contribution in [2.24, 2.45) is 0 Å². The molecule has 11 heteroatoms. The fourth-order valence-electron chi connectivity index (χ4n) is 4.05. The maximum atomic E-state index is 14.1. The average molecular weight is 478 g/mol. The van der Waals surface area contributed by atoms with Crippen LogP contribution in [-0.2, 0) is 10.2 Å². The maximum Gasteiger partial charge on any atom is 0.426 e. The van der Waals surface area contributed by atoms with Crippen LogP contribution in [0.15, 0.2) is 45.7 Å². The number of benzene rings is 2. The average Bonchev–Trinajstić information content (AvgIpc) is 3.24. The number of alkyl halides is 3. The van der Waals surface area contributed by atoms with Crippen molar-refractivity contribution in [3.63, 3.8) is 0 Å². The molecule has 0 radical (unpaired) electrons. The highest BCUT2D eigenvalue weighted by molar-refractivity contribution is 5.99. The Kier molecular flexibility index (Phi) is 5.55. The summed E-state index contributed by atoms with van der Waals surface area (Å²) in [7, 11) is 0. The number of amides is 1. The molecule has 1 aromatic heterocycles. The summed E-state index contributed by atoms with van der Waals surface area (Å²) in [6.45, 7) is 4.40.